The van der Waals surface area contributed by atoms with Crippen molar-refractivity contribution in [1.29, 1.82) is 0 Å². The number of rotatable bonds is 4. The number of alkyl halides is 3. The van der Waals surface area contributed by atoms with Crippen LogP contribution in [0.2, 0.25) is 0 Å². The predicted molar refractivity (Wildman–Crippen MR) is 95.9 cm³/mol. The number of likely N-dealkylation sites (tertiary alicyclic amines) is 1. The molecule has 2 N–H and O–H groups in total. The van der Waals surface area contributed by atoms with Gasteiger partial charge in [-0.3, -0.25) is 4.79 Å². The number of benzene rings is 1. The topological polar surface area (TPSA) is 59.2 Å². The molecule has 0 radical (unpaired) electrons. The standard InChI is InChI=1S/C20H20F5N3O/c21-14-4-5-15(22)13(10-14)11-16(26)12-6-8-28(9-7-12)19(29)17-2-1-3-18(27-17)20(23,24)25/h1-5,10,12,16H,6-9,11,26H2. The molecule has 1 aliphatic heterocycles. The van der Waals surface area contributed by atoms with Crippen molar-refractivity contribution in [2.75, 3.05) is 13.1 Å². The minimum atomic E-state index is -4.62. The number of hydrogen-bond donors (Lipinski definition) is 1. The van der Waals surface area contributed by atoms with Crippen molar-refractivity contribution < 1.29 is 26.7 Å². The van der Waals surface area contributed by atoms with Gasteiger partial charge in [-0.05, 0) is 61.1 Å². The first-order valence-corrected chi connectivity index (χ1v) is 9.18. The number of carbonyl (C=O) groups is 1. The third-order valence-electron chi connectivity index (χ3n) is 5.15. The van der Waals surface area contributed by atoms with E-state index in [2.05, 4.69) is 4.98 Å². The first-order chi connectivity index (χ1) is 13.6. The summed E-state index contributed by atoms with van der Waals surface area (Å²) >= 11 is 0. The Kier molecular flexibility index (Phi) is 6.16. The molecule has 1 fully saturated rings. The maximum Gasteiger partial charge on any atom is 0.433 e. The van der Waals surface area contributed by atoms with Gasteiger partial charge in [-0.1, -0.05) is 6.07 Å². The van der Waals surface area contributed by atoms with Crippen LogP contribution in [0.3, 0.4) is 0 Å². The molecule has 1 unspecified atom stereocenters. The molecule has 156 valence electrons. The van der Waals surface area contributed by atoms with Crippen LogP contribution < -0.4 is 5.73 Å². The quantitative estimate of drug-likeness (QED) is 0.776. The zero-order valence-electron chi connectivity index (χ0n) is 15.4. The van der Waals surface area contributed by atoms with E-state index >= 15 is 0 Å². The van der Waals surface area contributed by atoms with Crippen LogP contribution in [-0.2, 0) is 12.6 Å². The summed E-state index contributed by atoms with van der Waals surface area (Å²) in [6.45, 7) is 0.613. The number of pyridine rings is 1. The van der Waals surface area contributed by atoms with Crippen molar-refractivity contribution in [3.8, 4) is 0 Å². The molecule has 1 atom stereocenters. The average molecular weight is 413 g/mol. The normalized spacial score (nSPS) is 16.7. The lowest BCUT2D eigenvalue weighted by Gasteiger charge is -2.34. The molecule has 29 heavy (non-hydrogen) atoms. The Morgan fingerprint density at radius 1 is 1.17 bits per heavy atom. The summed E-state index contributed by atoms with van der Waals surface area (Å²) in [7, 11) is 0. The number of aromatic nitrogens is 1. The number of piperidine rings is 1. The molecular formula is C20H20F5N3O. The second-order valence-corrected chi connectivity index (χ2v) is 7.14. The molecule has 4 nitrogen and oxygen atoms in total. The van der Waals surface area contributed by atoms with Crippen LogP contribution in [0.1, 0.15) is 34.6 Å². The Labute approximate surface area is 164 Å². The van der Waals surface area contributed by atoms with Crippen LogP contribution in [0.5, 0.6) is 0 Å². The fraction of sp³-hybridized carbons (Fsp3) is 0.400. The van der Waals surface area contributed by atoms with E-state index in [1.165, 1.54) is 11.0 Å². The van der Waals surface area contributed by atoms with Gasteiger partial charge in [0.15, 0.2) is 0 Å². The molecule has 1 aromatic carbocycles. The van der Waals surface area contributed by atoms with Crippen molar-refractivity contribution in [2.24, 2.45) is 11.7 Å². The van der Waals surface area contributed by atoms with Crippen LogP contribution in [-0.4, -0.2) is 34.9 Å². The van der Waals surface area contributed by atoms with Gasteiger partial charge in [-0.25, -0.2) is 13.8 Å². The van der Waals surface area contributed by atoms with E-state index in [0.717, 1.165) is 30.3 Å². The van der Waals surface area contributed by atoms with E-state index in [9.17, 15) is 26.7 Å². The summed E-state index contributed by atoms with van der Waals surface area (Å²) in [5.41, 5.74) is 4.99. The predicted octanol–water partition coefficient (Wildman–Crippen LogP) is 3.80. The highest BCUT2D eigenvalue weighted by Gasteiger charge is 2.34. The van der Waals surface area contributed by atoms with Crippen LogP contribution in [0.25, 0.3) is 0 Å². The Morgan fingerprint density at radius 3 is 2.52 bits per heavy atom. The highest BCUT2D eigenvalue weighted by Crippen LogP contribution is 2.28. The third kappa shape index (κ3) is 5.09. The summed E-state index contributed by atoms with van der Waals surface area (Å²) in [6, 6.07) is 6.01. The van der Waals surface area contributed by atoms with Crippen molar-refractivity contribution >= 4 is 5.91 Å². The smallest absolute Gasteiger partial charge is 0.337 e. The fourth-order valence-corrected chi connectivity index (χ4v) is 3.52. The fourth-order valence-electron chi connectivity index (χ4n) is 3.52. The van der Waals surface area contributed by atoms with E-state index in [1.807, 2.05) is 0 Å². The van der Waals surface area contributed by atoms with Crippen molar-refractivity contribution in [2.45, 2.75) is 31.5 Å². The number of halogens is 5. The molecule has 0 spiro atoms. The zero-order valence-corrected chi connectivity index (χ0v) is 15.4. The van der Waals surface area contributed by atoms with Gasteiger partial charge in [0.05, 0.1) is 0 Å². The minimum absolute atomic E-state index is 0.0174. The van der Waals surface area contributed by atoms with Gasteiger partial charge in [0.25, 0.3) is 5.91 Å². The van der Waals surface area contributed by atoms with Gasteiger partial charge in [0.1, 0.15) is 23.0 Å². The van der Waals surface area contributed by atoms with Crippen molar-refractivity contribution in [3.05, 3.63) is 65.0 Å². The number of nitrogens with two attached hydrogens (primary N) is 1. The maximum atomic E-state index is 13.8. The largest absolute Gasteiger partial charge is 0.433 e. The molecule has 3 rings (SSSR count). The lowest BCUT2D eigenvalue weighted by atomic mass is 9.86. The molecular weight excluding hydrogens is 393 g/mol. The van der Waals surface area contributed by atoms with E-state index in [-0.39, 0.29) is 23.6 Å². The molecule has 1 saturated heterocycles. The number of nitrogens with zero attached hydrogens (tertiary/aromatic N) is 2. The van der Waals surface area contributed by atoms with Gasteiger partial charge in [0.2, 0.25) is 0 Å². The molecule has 2 heterocycles. The van der Waals surface area contributed by atoms with Crippen LogP contribution in [0, 0.1) is 17.6 Å². The van der Waals surface area contributed by atoms with Gasteiger partial charge >= 0.3 is 6.18 Å². The molecule has 2 aromatic rings. The Bertz CT molecular complexity index is 879. The van der Waals surface area contributed by atoms with E-state index in [0.29, 0.717) is 25.9 Å². The van der Waals surface area contributed by atoms with Gasteiger partial charge in [-0.15, -0.1) is 0 Å². The molecule has 1 aliphatic rings. The molecule has 0 bridgehead atoms. The van der Waals surface area contributed by atoms with Crippen LogP contribution in [0.15, 0.2) is 36.4 Å². The van der Waals surface area contributed by atoms with Crippen LogP contribution in [0.4, 0.5) is 22.0 Å². The van der Waals surface area contributed by atoms with E-state index in [1.54, 1.807) is 0 Å². The highest BCUT2D eigenvalue weighted by molar-refractivity contribution is 5.92. The lowest BCUT2D eigenvalue weighted by Crippen LogP contribution is -2.44. The molecule has 0 saturated carbocycles. The van der Waals surface area contributed by atoms with Gasteiger partial charge < -0.3 is 10.6 Å². The second kappa shape index (κ2) is 8.44. The number of amides is 1. The summed E-state index contributed by atoms with van der Waals surface area (Å²) < 4.78 is 65.5. The summed E-state index contributed by atoms with van der Waals surface area (Å²) in [6.07, 6.45) is -3.43. The third-order valence-corrected chi connectivity index (χ3v) is 5.15. The summed E-state index contributed by atoms with van der Waals surface area (Å²) in [4.78, 5) is 17.4. The number of hydrogen-bond acceptors (Lipinski definition) is 3. The van der Waals surface area contributed by atoms with Gasteiger partial charge in [0, 0.05) is 19.1 Å². The highest BCUT2D eigenvalue weighted by atomic mass is 19.4. The van der Waals surface area contributed by atoms with Crippen molar-refractivity contribution in [1.82, 2.24) is 9.88 Å². The molecule has 1 aromatic heterocycles. The first kappa shape index (κ1) is 21.2. The van der Waals surface area contributed by atoms with Crippen LogP contribution >= 0.6 is 0 Å². The Balaban J connectivity index is 1.60. The first-order valence-electron chi connectivity index (χ1n) is 9.18. The zero-order chi connectivity index (χ0) is 21.2. The molecule has 9 heteroatoms. The Hall–Kier alpha value is -2.55. The van der Waals surface area contributed by atoms with Crippen molar-refractivity contribution in [3.63, 3.8) is 0 Å². The molecule has 1 amide bonds. The van der Waals surface area contributed by atoms with E-state index in [4.69, 9.17) is 5.73 Å². The average Bonchev–Trinajstić information content (AvgIpc) is 2.69. The second-order valence-electron chi connectivity index (χ2n) is 7.14. The maximum absolute atomic E-state index is 13.8. The SMILES string of the molecule is NC(Cc1cc(F)ccc1F)C1CCN(C(=O)c2cccc(C(F)(F)F)n2)CC1. The van der Waals surface area contributed by atoms with E-state index < -0.39 is 35.5 Å². The summed E-state index contributed by atoms with van der Waals surface area (Å²) in [5, 5.41) is 0. The summed E-state index contributed by atoms with van der Waals surface area (Å²) in [5.74, 6) is -1.65. The monoisotopic (exact) mass is 413 g/mol. The lowest BCUT2D eigenvalue weighted by molar-refractivity contribution is -0.141. The molecule has 0 aliphatic carbocycles. The number of carbonyl (C=O) groups excluding carboxylic acids is 1. The minimum Gasteiger partial charge on any atom is -0.337 e. The van der Waals surface area contributed by atoms with Gasteiger partial charge in [-0.2, -0.15) is 13.2 Å². The Morgan fingerprint density at radius 2 is 1.86 bits per heavy atom.